The van der Waals surface area contributed by atoms with Crippen LogP contribution in [0.15, 0.2) is 76.7 Å². The van der Waals surface area contributed by atoms with Crippen LogP contribution in [0, 0.1) is 0 Å². The van der Waals surface area contributed by atoms with E-state index in [2.05, 4.69) is 5.43 Å². The van der Waals surface area contributed by atoms with Crippen molar-refractivity contribution in [2.45, 2.75) is 0 Å². The third-order valence-corrected chi connectivity index (χ3v) is 4.29. The molecule has 1 aliphatic heterocycles. The van der Waals surface area contributed by atoms with Gasteiger partial charge in [0.2, 0.25) is 0 Å². The van der Waals surface area contributed by atoms with Gasteiger partial charge in [-0.3, -0.25) is 15.0 Å². The molecule has 5 nitrogen and oxygen atoms in total. The molecule has 2 heterocycles. The van der Waals surface area contributed by atoms with E-state index in [-0.39, 0.29) is 5.57 Å². The number of nitrogens with zero attached hydrogens (tertiary/aromatic N) is 1. The first-order valence-corrected chi connectivity index (χ1v) is 8.28. The van der Waals surface area contributed by atoms with Gasteiger partial charge in [-0.2, -0.15) is 0 Å². The summed E-state index contributed by atoms with van der Waals surface area (Å²) in [5, 5.41) is 1.78. The maximum absolute atomic E-state index is 12.6. The number of hydrogen-bond donors (Lipinski definition) is 1. The number of hydrazine groups is 1. The molecule has 2 aromatic carbocycles. The van der Waals surface area contributed by atoms with E-state index in [1.807, 2.05) is 24.3 Å². The molecule has 0 saturated carbocycles. The normalized spacial score (nSPS) is 15.6. The summed E-state index contributed by atoms with van der Waals surface area (Å²) in [5.41, 5.74) is 3.89. The van der Waals surface area contributed by atoms with Gasteiger partial charge in [0, 0.05) is 5.56 Å². The summed E-state index contributed by atoms with van der Waals surface area (Å²) in [7, 11) is 0. The van der Waals surface area contributed by atoms with E-state index < -0.39 is 11.8 Å². The molecule has 1 aliphatic rings. The van der Waals surface area contributed by atoms with Gasteiger partial charge >= 0.3 is 0 Å². The molecule has 0 atom stereocenters. The molecule has 1 N–H and O–H groups in total. The van der Waals surface area contributed by atoms with E-state index in [1.54, 1.807) is 42.5 Å². The minimum Gasteiger partial charge on any atom is -0.457 e. The Morgan fingerprint density at radius 2 is 1.65 bits per heavy atom. The van der Waals surface area contributed by atoms with Crippen molar-refractivity contribution in [3.63, 3.8) is 0 Å². The number of nitrogens with one attached hydrogen (secondary N) is 1. The van der Waals surface area contributed by atoms with E-state index in [0.29, 0.717) is 22.2 Å². The van der Waals surface area contributed by atoms with Crippen molar-refractivity contribution in [2.75, 3.05) is 5.01 Å². The zero-order valence-corrected chi connectivity index (χ0v) is 14.2. The van der Waals surface area contributed by atoms with Crippen LogP contribution in [0.25, 0.3) is 17.4 Å². The van der Waals surface area contributed by atoms with Gasteiger partial charge in [0.1, 0.15) is 17.1 Å². The summed E-state index contributed by atoms with van der Waals surface area (Å²) < 4.78 is 5.74. The fourth-order valence-corrected chi connectivity index (χ4v) is 2.92. The summed E-state index contributed by atoms with van der Waals surface area (Å²) in [6, 6.07) is 19.6. The Morgan fingerprint density at radius 1 is 0.923 bits per heavy atom. The highest BCUT2D eigenvalue weighted by Gasteiger charge is 2.34. The molecule has 128 valence electrons. The zero-order valence-electron chi connectivity index (χ0n) is 13.5. The number of carbonyl (C=O) groups excluding carboxylic acids is 2. The van der Waals surface area contributed by atoms with Gasteiger partial charge in [0.25, 0.3) is 11.8 Å². The average Bonchev–Trinajstić information content (AvgIpc) is 3.23. The van der Waals surface area contributed by atoms with Crippen LogP contribution < -0.4 is 10.4 Å². The molecule has 0 spiro atoms. The second-order valence-corrected chi connectivity index (χ2v) is 6.06. The molecule has 1 fully saturated rings. The van der Waals surface area contributed by atoms with Gasteiger partial charge in [-0.05, 0) is 42.5 Å². The summed E-state index contributed by atoms with van der Waals surface area (Å²) in [6.45, 7) is 0. The molecule has 0 radical (unpaired) electrons. The number of furan rings is 1. The molecule has 0 bridgehead atoms. The van der Waals surface area contributed by atoms with Crippen molar-refractivity contribution in [3.05, 3.63) is 83.1 Å². The Hall–Kier alpha value is -3.31. The standard InChI is InChI=1S/C20H13ClN2O3/c21-17-9-5-4-8-15(17)18-11-10-14(26-18)12-16-19(24)22-23(20(16)25)13-6-2-1-3-7-13/h1-12H,(H,22,24). The third-order valence-electron chi connectivity index (χ3n) is 3.96. The van der Waals surface area contributed by atoms with Crippen LogP contribution in [0.5, 0.6) is 0 Å². The lowest BCUT2D eigenvalue weighted by Crippen LogP contribution is -2.35. The van der Waals surface area contributed by atoms with Gasteiger partial charge < -0.3 is 4.42 Å². The van der Waals surface area contributed by atoms with Gasteiger partial charge in [0.05, 0.1) is 10.7 Å². The van der Waals surface area contributed by atoms with E-state index in [1.165, 1.54) is 11.1 Å². The number of halogens is 1. The molecular formula is C20H13ClN2O3. The summed E-state index contributed by atoms with van der Waals surface area (Å²) >= 11 is 6.17. The SMILES string of the molecule is O=C1NN(c2ccccc2)C(=O)C1=Cc1ccc(-c2ccccc2Cl)o1. The molecular weight excluding hydrogens is 352 g/mol. The van der Waals surface area contributed by atoms with Crippen LogP contribution >= 0.6 is 11.6 Å². The van der Waals surface area contributed by atoms with Crippen molar-refractivity contribution < 1.29 is 14.0 Å². The minimum atomic E-state index is -0.477. The van der Waals surface area contributed by atoms with Crippen molar-refractivity contribution in [2.24, 2.45) is 0 Å². The molecule has 2 amide bonds. The Morgan fingerprint density at radius 3 is 2.42 bits per heavy atom. The molecule has 1 aromatic heterocycles. The van der Waals surface area contributed by atoms with Crippen molar-refractivity contribution in [1.82, 2.24) is 5.43 Å². The predicted molar refractivity (Wildman–Crippen MR) is 99.2 cm³/mol. The van der Waals surface area contributed by atoms with E-state index in [0.717, 1.165) is 5.56 Å². The first kappa shape index (κ1) is 16.2. The van der Waals surface area contributed by atoms with Crippen molar-refractivity contribution in [1.29, 1.82) is 0 Å². The average molecular weight is 365 g/mol. The van der Waals surface area contributed by atoms with Crippen molar-refractivity contribution in [3.8, 4) is 11.3 Å². The summed E-state index contributed by atoms with van der Waals surface area (Å²) in [5.74, 6) is 0.0491. The number of anilines is 1. The minimum absolute atomic E-state index is 0.00825. The number of para-hydroxylation sites is 1. The summed E-state index contributed by atoms with van der Waals surface area (Å²) in [4.78, 5) is 24.8. The highest BCUT2D eigenvalue weighted by atomic mass is 35.5. The molecule has 6 heteroatoms. The predicted octanol–water partition coefficient (Wildman–Crippen LogP) is 4.06. The second-order valence-electron chi connectivity index (χ2n) is 5.66. The number of rotatable bonds is 3. The lowest BCUT2D eigenvalue weighted by atomic mass is 10.2. The van der Waals surface area contributed by atoms with Gasteiger partial charge in [-0.1, -0.05) is 41.9 Å². The fourth-order valence-electron chi connectivity index (χ4n) is 2.69. The molecule has 4 rings (SSSR count). The lowest BCUT2D eigenvalue weighted by Gasteiger charge is -2.13. The first-order chi connectivity index (χ1) is 12.6. The zero-order chi connectivity index (χ0) is 18.1. The Labute approximate surface area is 154 Å². The number of carbonyl (C=O) groups is 2. The van der Waals surface area contributed by atoms with Crippen LogP contribution in [-0.4, -0.2) is 11.8 Å². The van der Waals surface area contributed by atoms with E-state index in [4.69, 9.17) is 16.0 Å². The Kier molecular flexibility index (Phi) is 4.07. The van der Waals surface area contributed by atoms with Crippen LogP contribution in [0.4, 0.5) is 5.69 Å². The maximum Gasteiger partial charge on any atom is 0.282 e. The van der Waals surface area contributed by atoms with Gasteiger partial charge in [-0.15, -0.1) is 0 Å². The Balaban J connectivity index is 1.64. The van der Waals surface area contributed by atoms with Crippen LogP contribution in [0.2, 0.25) is 5.02 Å². The number of benzene rings is 2. The molecule has 0 aliphatic carbocycles. The second kappa shape index (κ2) is 6.54. The monoisotopic (exact) mass is 364 g/mol. The number of amides is 2. The molecule has 0 unspecified atom stereocenters. The first-order valence-electron chi connectivity index (χ1n) is 7.90. The highest BCUT2D eigenvalue weighted by molar-refractivity contribution is 6.33. The maximum atomic E-state index is 12.6. The fraction of sp³-hybridized carbons (Fsp3) is 0. The quantitative estimate of drug-likeness (QED) is 0.563. The number of hydrogen-bond acceptors (Lipinski definition) is 3. The summed E-state index contributed by atoms with van der Waals surface area (Å²) in [6.07, 6.45) is 1.43. The molecule has 26 heavy (non-hydrogen) atoms. The smallest absolute Gasteiger partial charge is 0.282 e. The van der Waals surface area contributed by atoms with E-state index in [9.17, 15) is 9.59 Å². The Bertz CT molecular complexity index is 1020. The topological polar surface area (TPSA) is 62.6 Å². The lowest BCUT2D eigenvalue weighted by molar-refractivity contribution is -0.117. The van der Waals surface area contributed by atoms with Gasteiger partial charge in [-0.25, -0.2) is 5.01 Å². The molecule has 3 aromatic rings. The van der Waals surface area contributed by atoms with Crippen molar-refractivity contribution >= 4 is 35.2 Å². The highest BCUT2D eigenvalue weighted by Crippen LogP contribution is 2.30. The van der Waals surface area contributed by atoms with Crippen LogP contribution in [-0.2, 0) is 9.59 Å². The van der Waals surface area contributed by atoms with Crippen LogP contribution in [0.1, 0.15) is 5.76 Å². The van der Waals surface area contributed by atoms with E-state index >= 15 is 0 Å². The van der Waals surface area contributed by atoms with Crippen LogP contribution in [0.3, 0.4) is 0 Å². The van der Waals surface area contributed by atoms with Gasteiger partial charge in [0.15, 0.2) is 0 Å². The third kappa shape index (κ3) is 2.89. The largest absolute Gasteiger partial charge is 0.457 e. The molecule has 1 saturated heterocycles.